The van der Waals surface area contributed by atoms with Crippen LogP contribution in [0, 0.1) is 0 Å². The van der Waals surface area contributed by atoms with Gasteiger partial charge >= 0.3 is 5.97 Å². The molecule has 1 N–H and O–H groups in total. The summed E-state index contributed by atoms with van der Waals surface area (Å²) in [5.41, 5.74) is 1.19. The smallest absolute Gasteiger partial charge is 0.341 e. The number of nitrogens with zero attached hydrogens (tertiary/aromatic N) is 4. The van der Waals surface area contributed by atoms with E-state index in [9.17, 15) is 9.59 Å². The maximum Gasteiger partial charge on any atom is 0.341 e. The fourth-order valence-electron chi connectivity index (χ4n) is 1.99. The minimum atomic E-state index is -0.556. The van der Waals surface area contributed by atoms with Crippen LogP contribution >= 0.6 is 0 Å². The van der Waals surface area contributed by atoms with Gasteiger partial charge in [-0.2, -0.15) is 10.2 Å². The third kappa shape index (κ3) is 1.78. The Balaban J connectivity index is 2.28. The summed E-state index contributed by atoms with van der Waals surface area (Å²) in [6.45, 7) is 0. The highest BCUT2D eigenvalue weighted by Crippen LogP contribution is 2.22. The number of aryl methyl sites for hydroxylation is 1. The van der Waals surface area contributed by atoms with Crippen molar-refractivity contribution in [3.63, 3.8) is 0 Å². The molecule has 0 atom stereocenters. The first kappa shape index (κ1) is 12.2. The van der Waals surface area contributed by atoms with Crippen molar-refractivity contribution < 1.29 is 9.53 Å². The Morgan fingerprint density at radius 3 is 2.80 bits per heavy atom. The van der Waals surface area contributed by atoms with Crippen molar-refractivity contribution in [2.45, 2.75) is 0 Å². The minimum absolute atomic E-state index is 0.215. The predicted molar refractivity (Wildman–Crippen MR) is 68.9 cm³/mol. The van der Waals surface area contributed by atoms with Gasteiger partial charge in [0.05, 0.1) is 24.6 Å². The molecule has 0 fully saturated rings. The number of esters is 1. The number of pyridine rings is 1. The lowest BCUT2D eigenvalue weighted by molar-refractivity contribution is 0.0600. The van der Waals surface area contributed by atoms with Gasteiger partial charge in [-0.15, -0.1) is 0 Å². The average Bonchev–Trinajstić information content (AvgIpc) is 3.04. The van der Waals surface area contributed by atoms with Crippen LogP contribution in [0.15, 0.2) is 29.6 Å². The Hall–Kier alpha value is -2.90. The number of hydrogen-bond acceptors (Lipinski definition) is 5. The number of fused-ring (bicyclic) bond motifs is 1. The molecule has 2 aliphatic heterocycles. The number of carbonyl (C=O) groups excluding carboxylic acids is 1. The summed E-state index contributed by atoms with van der Waals surface area (Å²) in [6, 6.07) is 0. The Kier molecular flexibility index (Phi) is 2.63. The zero-order valence-electron chi connectivity index (χ0n) is 10.8. The largest absolute Gasteiger partial charge is 0.465 e. The lowest BCUT2D eigenvalue weighted by Crippen LogP contribution is -2.11. The van der Waals surface area contributed by atoms with E-state index < -0.39 is 5.97 Å². The van der Waals surface area contributed by atoms with Crippen molar-refractivity contribution in [1.82, 2.24) is 24.5 Å². The first-order valence-corrected chi connectivity index (χ1v) is 5.78. The van der Waals surface area contributed by atoms with Crippen LogP contribution < -0.4 is 5.56 Å². The molecule has 0 aromatic carbocycles. The van der Waals surface area contributed by atoms with Gasteiger partial charge in [0, 0.05) is 25.6 Å². The summed E-state index contributed by atoms with van der Waals surface area (Å²) >= 11 is 0. The van der Waals surface area contributed by atoms with Gasteiger partial charge in [0.25, 0.3) is 5.56 Å². The standard InChI is InChI=1S/C12H11N5O3/c1-16-4-7(3-13-16)17-5-8-10(14-15-11(8)18)9(6-17)12(19)20-2/h3-6H,1-2H3,(H,15,18). The highest BCUT2D eigenvalue weighted by Gasteiger charge is 2.22. The molecule has 0 bridgehead atoms. The highest BCUT2D eigenvalue weighted by atomic mass is 16.5. The van der Waals surface area contributed by atoms with Crippen LogP contribution in [0.2, 0.25) is 0 Å². The number of aromatic nitrogens is 5. The van der Waals surface area contributed by atoms with E-state index in [-0.39, 0.29) is 11.1 Å². The molecule has 1 aromatic heterocycles. The molecule has 8 heteroatoms. The molecule has 102 valence electrons. The van der Waals surface area contributed by atoms with Gasteiger partial charge in [0.2, 0.25) is 0 Å². The number of aromatic amines is 1. The number of nitrogens with one attached hydrogen (secondary N) is 1. The van der Waals surface area contributed by atoms with Crippen LogP contribution in [-0.2, 0) is 11.8 Å². The second-order valence-corrected chi connectivity index (χ2v) is 4.26. The number of hydrogen-bond donors (Lipinski definition) is 1. The third-order valence-electron chi connectivity index (χ3n) is 2.96. The molecule has 0 spiro atoms. The molecule has 1 aromatic rings. The summed E-state index contributed by atoms with van der Waals surface area (Å²) in [7, 11) is 3.06. The molecular weight excluding hydrogens is 262 g/mol. The Morgan fingerprint density at radius 1 is 1.35 bits per heavy atom. The van der Waals surface area contributed by atoms with Crippen LogP contribution in [-0.4, -0.2) is 37.6 Å². The van der Waals surface area contributed by atoms with Crippen LogP contribution in [0.3, 0.4) is 0 Å². The zero-order chi connectivity index (χ0) is 14.3. The van der Waals surface area contributed by atoms with Crippen LogP contribution in [0.1, 0.15) is 10.4 Å². The van der Waals surface area contributed by atoms with Gasteiger partial charge in [-0.1, -0.05) is 0 Å². The molecule has 0 amide bonds. The average molecular weight is 273 g/mol. The highest BCUT2D eigenvalue weighted by molar-refractivity contribution is 5.96. The second kappa shape index (κ2) is 4.34. The maximum absolute atomic E-state index is 11.8. The van der Waals surface area contributed by atoms with E-state index in [0.29, 0.717) is 11.3 Å². The summed E-state index contributed by atoms with van der Waals surface area (Å²) in [4.78, 5) is 23.5. The first-order chi connectivity index (χ1) is 9.60. The lowest BCUT2D eigenvalue weighted by atomic mass is 10.1. The van der Waals surface area contributed by atoms with Crippen molar-refractivity contribution in [2.75, 3.05) is 7.11 Å². The van der Waals surface area contributed by atoms with Crippen molar-refractivity contribution in [1.29, 1.82) is 0 Å². The van der Waals surface area contributed by atoms with Gasteiger partial charge in [0.15, 0.2) is 0 Å². The summed E-state index contributed by atoms with van der Waals surface area (Å²) in [5.74, 6) is -0.556. The molecule has 0 aliphatic carbocycles. The summed E-state index contributed by atoms with van der Waals surface area (Å²) < 4.78 is 7.98. The molecule has 2 aliphatic rings. The van der Waals surface area contributed by atoms with E-state index in [1.165, 1.54) is 7.11 Å². The number of carbonyl (C=O) groups is 1. The fraction of sp³-hybridized carbons (Fsp3) is 0.167. The number of H-pyrrole nitrogens is 1. The fourth-order valence-corrected chi connectivity index (χ4v) is 1.99. The SMILES string of the molecule is COC(=O)c1cn(-c2cnn(C)c2)cc2c(=O)[nH]nc1-2. The normalized spacial score (nSPS) is 10.9. The van der Waals surface area contributed by atoms with Crippen LogP contribution in [0.4, 0.5) is 0 Å². The van der Waals surface area contributed by atoms with E-state index in [1.54, 1.807) is 41.1 Å². The Labute approximate surface area is 112 Å². The summed E-state index contributed by atoms with van der Waals surface area (Å²) in [5, 5.41) is 10.2. The Bertz CT molecular complexity index is 813. The topological polar surface area (TPSA) is 94.8 Å². The van der Waals surface area contributed by atoms with Gasteiger partial charge < -0.3 is 9.30 Å². The van der Waals surface area contributed by atoms with Crippen molar-refractivity contribution in [3.05, 3.63) is 40.7 Å². The minimum Gasteiger partial charge on any atom is -0.465 e. The lowest BCUT2D eigenvalue weighted by Gasteiger charge is -2.09. The quantitative estimate of drug-likeness (QED) is 0.672. The van der Waals surface area contributed by atoms with E-state index >= 15 is 0 Å². The van der Waals surface area contributed by atoms with Gasteiger partial charge in [-0.25, -0.2) is 9.89 Å². The molecular formula is C12H11N5O3. The van der Waals surface area contributed by atoms with Crippen LogP contribution in [0.5, 0.6) is 0 Å². The maximum atomic E-state index is 11.8. The van der Waals surface area contributed by atoms with Gasteiger partial charge in [0.1, 0.15) is 11.3 Å². The van der Waals surface area contributed by atoms with E-state index in [0.717, 1.165) is 5.69 Å². The Morgan fingerprint density at radius 2 is 2.15 bits per heavy atom. The third-order valence-corrected chi connectivity index (χ3v) is 2.96. The molecule has 0 unspecified atom stereocenters. The molecule has 3 rings (SSSR count). The first-order valence-electron chi connectivity index (χ1n) is 5.78. The summed E-state index contributed by atoms with van der Waals surface area (Å²) in [6.07, 6.45) is 6.55. The number of methoxy groups -OCH3 is 1. The molecule has 20 heavy (non-hydrogen) atoms. The van der Waals surface area contributed by atoms with Gasteiger partial charge in [-0.3, -0.25) is 9.48 Å². The van der Waals surface area contributed by atoms with E-state index in [1.807, 2.05) is 0 Å². The predicted octanol–water partition coefficient (Wildman–Crippen LogP) is 0.185. The monoisotopic (exact) mass is 273 g/mol. The van der Waals surface area contributed by atoms with E-state index in [2.05, 4.69) is 15.3 Å². The van der Waals surface area contributed by atoms with Crippen molar-refractivity contribution >= 4 is 5.97 Å². The number of ether oxygens (including phenoxy) is 1. The molecule has 0 saturated heterocycles. The number of rotatable bonds is 2. The molecule has 0 saturated carbocycles. The molecule has 8 nitrogen and oxygen atoms in total. The van der Waals surface area contributed by atoms with Crippen molar-refractivity contribution in [3.8, 4) is 16.9 Å². The van der Waals surface area contributed by atoms with Gasteiger partial charge in [-0.05, 0) is 0 Å². The molecule has 3 heterocycles. The van der Waals surface area contributed by atoms with Crippen LogP contribution in [0.25, 0.3) is 16.9 Å². The van der Waals surface area contributed by atoms with E-state index in [4.69, 9.17) is 4.74 Å². The zero-order valence-corrected chi connectivity index (χ0v) is 10.8. The van der Waals surface area contributed by atoms with Crippen molar-refractivity contribution in [2.24, 2.45) is 7.05 Å². The second-order valence-electron chi connectivity index (χ2n) is 4.26. The molecule has 0 radical (unpaired) electrons.